The Morgan fingerprint density at radius 2 is 1.88 bits per heavy atom. The van der Waals surface area contributed by atoms with Crippen LogP contribution in [0.1, 0.15) is 71.6 Å². The molecular formula is C27H40ClN3O. The fourth-order valence-electron chi connectivity index (χ4n) is 8.81. The Hall–Kier alpha value is -1.26. The van der Waals surface area contributed by atoms with Gasteiger partial charge in [0.05, 0.1) is 22.9 Å². The van der Waals surface area contributed by atoms with Crippen molar-refractivity contribution in [3.05, 3.63) is 23.2 Å². The molecule has 0 radical (unpaired) electrons. The number of anilines is 2. The van der Waals surface area contributed by atoms with Gasteiger partial charge < -0.3 is 10.7 Å². The lowest BCUT2D eigenvalue weighted by Crippen LogP contribution is -2.50. The minimum absolute atomic E-state index is 0.104. The summed E-state index contributed by atoms with van der Waals surface area (Å²) >= 11 is 6.33. The zero-order valence-corrected chi connectivity index (χ0v) is 20.5. The maximum atomic E-state index is 13.5. The topological polar surface area (TPSA) is 72.3 Å². The first-order valence-electron chi connectivity index (χ1n) is 12.9. The van der Waals surface area contributed by atoms with Crippen molar-refractivity contribution in [2.24, 2.45) is 52.7 Å². The second kappa shape index (κ2) is 8.51. The van der Waals surface area contributed by atoms with E-state index in [1.54, 1.807) is 18.2 Å². The number of carbonyl (C=O) groups excluding carboxylic acids is 1. The Balaban J connectivity index is 1.30. The number of nitrogens with zero attached hydrogens (tertiary/aromatic N) is 1. The van der Waals surface area contributed by atoms with Crippen molar-refractivity contribution in [1.82, 2.24) is 0 Å². The quantitative estimate of drug-likeness (QED) is 0.326. The van der Waals surface area contributed by atoms with Gasteiger partial charge >= 0.3 is 0 Å². The van der Waals surface area contributed by atoms with Crippen LogP contribution in [0.25, 0.3) is 0 Å². The van der Waals surface area contributed by atoms with Crippen molar-refractivity contribution >= 4 is 28.8 Å². The van der Waals surface area contributed by atoms with Crippen LogP contribution in [-0.4, -0.2) is 12.3 Å². The normalized spacial score (nSPS) is 40.8. The van der Waals surface area contributed by atoms with Gasteiger partial charge in [0, 0.05) is 5.92 Å². The number of nitrogens with two attached hydrogens (primary N) is 2. The monoisotopic (exact) mass is 457 g/mol. The molecular weight excluding hydrogens is 418 g/mol. The summed E-state index contributed by atoms with van der Waals surface area (Å²) < 4.78 is 0. The minimum Gasteiger partial charge on any atom is -0.397 e. The van der Waals surface area contributed by atoms with Crippen LogP contribution >= 0.6 is 11.6 Å². The average Bonchev–Trinajstić information content (AvgIpc) is 3.10. The number of benzene rings is 1. The van der Waals surface area contributed by atoms with Crippen molar-refractivity contribution in [2.75, 3.05) is 17.3 Å². The fraction of sp³-hybridized carbons (Fsp3) is 0.741. The van der Waals surface area contributed by atoms with Gasteiger partial charge in [-0.25, -0.2) is 5.84 Å². The van der Waals surface area contributed by atoms with E-state index in [0.29, 0.717) is 22.3 Å². The molecule has 8 atom stereocenters. The summed E-state index contributed by atoms with van der Waals surface area (Å²) in [4.78, 5) is 13.5. The van der Waals surface area contributed by atoms with Gasteiger partial charge in [-0.1, -0.05) is 37.9 Å². The molecule has 176 valence electrons. The third-order valence-corrected chi connectivity index (χ3v) is 10.5. The second-order valence-electron chi connectivity index (χ2n) is 11.8. The lowest BCUT2D eigenvalue weighted by Gasteiger charge is -2.56. The molecule has 0 aromatic heterocycles. The van der Waals surface area contributed by atoms with E-state index in [1.165, 1.54) is 56.4 Å². The molecule has 7 unspecified atom stereocenters. The number of Topliss-reactive ketones (excluding diaryl/α,β-unsaturated/α-hetero) is 1. The Morgan fingerprint density at radius 1 is 1.09 bits per heavy atom. The Labute approximate surface area is 198 Å². The zero-order chi connectivity index (χ0) is 22.6. The van der Waals surface area contributed by atoms with Crippen molar-refractivity contribution in [1.29, 1.82) is 0 Å². The maximum absolute atomic E-state index is 13.5. The Morgan fingerprint density at radius 3 is 2.66 bits per heavy atom. The van der Waals surface area contributed by atoms with E-state index in [-0.39, 0.29) is 23.7 Å². The van der Waals surface area contributed by atoms with Crippen LogP contribution in [-0.2, 0) is 4.79 Å². The van der Waals surface area contributed by atoms with E-state index < -0.39 is 0 Å². The molecule has 4 N–H and O–H groups in total. The predicted molar refractivity (Wildman–Crippen MR) is 132 cm³/mol. The Kier molecular flexibility index (Phi) is 5.99. The van der Waals surface area contributed by atoms with Gasteiger partial charge in [0.1, 0.15) is 0 Å². The van der Waals surface area contributed by atoms with Gasteiger partial charge in [0.25, 0.3) is 0 Å². The first-order chi connectivity index (χ1) is 15.3. The number of hydrogen-bond acceptors (Lipinski definition) is 4. The van der Waals surface area contributed by atoms with Crippen LogP contribution in [0.15, 0.2) is 18.2 Å². The van der Waals surface area contributed by atoms with Crippen LogP contribution in [0.5, 0.6) is 0 Å². The number of ketones is 1. The summed E-state index contributed by atoms with van der Waals surface area (Å²) in [6.07, 6.45) is 11.9. The fourth-order valence-corrected chi connectivity index (χ4v) is 9.10. The molecule has 5 heteroatoms. The molecule has 0 amide bonds. The summed E-state index contributed by atoms with van der Waals surface area (Å²) in [7, 11) is 0. The molecule has 0 aliphatic heterocycles. The number of hydrogen-bond donors (Lipinski definition) is 2. The molecule has 0 bridgehead atoms. The molecule has 4 aliphatic rings. The molecule has 4 nitrogen and oxygen atoms in total. The van der Waals surface area contributed by atoms with Gasteiger partial charge in [-0.05, 0) is 104 Å². The van der Waals surface area contributed by atoms with Crippen LogP contribution in [0, 0.1) is 46.8 Å². The summed E-state index contributed by atoms with van der Waals surface area (Å²) in [6, 6.07) is 5.36. The highest BCUT2D eigenvalue weighted by atomic mass is 35.5. The van der Waals surface area contributed by atoms with Crippen molar-refractivity contribution in [3.63, 3.8) is 0 Å². The first-order valence-corrected chi connectivity index (χ1v) is 13.3. The van der Waals surface area contributed by atoms with Gasteiger partial charge in [-0.15, -0.1) is 0 Å². The van der Waals surface area contributed by atoms with Crippen LogP contribution < -0.4 is 16.6 Å². The van der Waals surface area contributed by atoms with Crippen LogP contribution in [0.3, 0.4) is 0 Å². The van der Waals surface area contributed by atoms with E-state index in [9.17, 15) is 4.79 Å². The predicted octanol–water partition coefficient (Wildman–Crippen LogP) is 6.08. The van der Waals surface area contributed by atoms with E-state index in [2.05, 4.69) is 13.8 Å². The molecule has 1 aromatic carbocycles. The molecule has 32 heavy (non-hydrogen) atoms. The maximum Gasteiger partial charge on any atom is 0.157 e. The lowest BCUT2D eigenvalue weighted by atomic mass is 9.49. The van der Waals surface area contributed by atoms with E-state index in [0.717, 1.165) is 36.0 Å². The highest BCUT2D eigenvalue weighted by Crippen LogP contribution is 2.64. The molecule has 5 rings (SSSR count). The number of carbonyl (C=O) groups is 1. The van der Waals surface area contributed by atoms with Gasteiger partial charge in [0.15, 0.2) is 5.78 Å². The number of nitrogen functional groups attached to an aromatic ring is 1. The van der Waals surface area contributed by atoms with Crippen molar-refractivity contribution in [3.8, 4) is 0 Å². The zero-order valence-electron chi connectivity index (χ0n) is 19.7. The van der Waals surface area contributed by atoms with Crippen molar-refractivity contribution < 1.29 is 4.79 Å². The standard InChI is InChI=1S/C27H40ClN3O/c1-16-6-8-18-17(14-16)7-9-20-19(18)12-13-27(2)21(20)10-11-22(27)25(32)15-31(30)26-23(28)4-3-5-24(26)29/h3-5,16-22H,6-15,29-30H2,1-2H3/t16?,17?,18?,19?,20-,21?,22?,27?/m1/s1. The third-order valence-electron chi connectivity index (χ3n) is 10.2. The van der Waals surface area contributed by atoms with Gasteiger partial charge in [-0.2, -0.15) is 0 Å². The molecule has 4 aliphatic carbocycles. The Bertz CT molecular complexity index is 854. The minimum atomic E-state index is 0.104. The third kappa shape index (κ3) is 3.66. The molecule has 0 saturated heterocycles. The highest BCUT2D eigenvalue weighted by molar-refractivity contribution is 6.34. The summed E-state index contributed by atoms with van der Waals surface area (Å²) in [6.45, 7) is 5.05. The largest absolute Gasteiger partial charge is 0.397 e. The number of rotatable bonds is 4. The van der Waals surface area contributed by atoms with Crippen LogP contribution in [0.2, 0.25) is 5.02 Å². The van der Waals surface area contributed by atoms with Crippen LogP contribution in [0.4, 0.5) is 11.4 Å². The van der Waals surface area contributed by atoms with E-state index >= 15 is 0 Å². The highest BCUT2D eigenvalue weighted by Gasteiger charge is 2.58. The summed E-state index contributed by atoms with van der Waals surface area (Å²) in [5.41, 5.74) is 7.31. The molecule has 0 heterocycles. The first kappa shape index (κ1) is 22.5. The van der Waals surface area contributed by atoms with Crippen molar-refractivity contribution in [2.45, 2.75) is 71.6 Å². The van der Waals surface area contributed by atoms with E-state index in [4.69, 9.17) is 23.2 Å². The summed E-state index contributed by atoms with van der Waals surface area (Å²) in [5, 5.41) is 1.96. The van der Waals surface area contributed by atoms with Gasteiger partial charge in [0.2, 0.25) is 0 Å². The number of para-hydroxylation sites is 1. The number of hydrazine groups is 1. The second-order valence-corrected chi connectivity index (χ2v) is 12.2. The van der Waals surface area contributed by atoms with E-state index in [1.807, 2.05) is 0 Å². The van der Waals surface area contributed by atoms with Gasteiger partial charge in [-0.3, -0.25) is 4.79 Å². The number of halogens is 1. The SMILES string of the molecule is CC1CCC2C(CC[C@@H]3C2CCC2(C)C(C(=O)CN(N)c4c(N)cccc4Cl)CCC32)C1. The molecule has 0 spiro atoms. The number of fused-ring (bicyclic) bond motifs is 5. The molecule has 4 fully saturated rings. The summed E-state index contributed by atoms with van der Waals surface area (Å²) in [5.74, 6) is 11.9. The average molecular weight is 458 g/mol. The molecule has 1 aromatic rings. The lowest BCUT2D eigenvalue weighted by molar-refractivity contribution is -0.129. The molecule has 4 saturated carbocycles. The smallest absolute Gasteiger partial charge is 0.157 e.